The smallest absolute Gasteiger partial charge is 0.163 e. The maximum atomic E-state index is 5.51. The first-order valence-electron chi connectivity index (χ1n) is 4.47. The second-order valence-corrected chi connectivity index (χ2v) is 2.91. The molecule has 0 aliphatic heterocycles. The van der Waals surface area contributed by atoms with Gasteiger partial charge in [0.25, 0.3) is 0 Å². The van der Waals surface area contributed by atoms with Crippen LogP contribution in [0.2, 0.25) is 0 Å². The van der Waals surface area contributed by atoms with E-state index in [0.29, 0.717) is 6.61 Å². The normalized spacial score (nSPS) is 9.85. The summed E-state index contributed by atoms with van der Waals surface area (Å²) in [5, 5.41) is 3.12. The first-order chi connectivity index (χ1) is 6.20. The summed E-state index contributed by atoms with van der Waals surface area (Å²) in [6.45, 7) is 6.61. The van der Waals surface area contributed by atoms with E-state index in [0.717, 1.165) is 22.7 Å². The number of hydrogen-bond acceptors (Lipinski definition) is 3. The van der Waals surface area contributed by atoms with Crippen molar-refractivity contribution in [3.05, 3.63) is 17.5 Å². The predicted molar refractivity (Wildman–Crippen MR) is 54.4 cm³/mol. The SMILES string of the molecule is CCOc1c(C)ncc(C)c1NC. The molecule has 0 unspecified atom stereocenters. The molecule has 0 spiro atoms. The van der Waals surface area contributed by atoms with E-state index in [1.807, 2.05) is 34.0 Å². The van der Waals surface area contributed by atoms with Crippen molar-refractivity contribution < 1.29 is 4.74 Å². The lowest BCUT2D eigenvalue weighted by Crippen LogP contribution is -2.02. The zero-order valence-corrected chi connectivity index (χ0v) is 8.64. The molecule has 0 fully saturated rings. The Kier molecular flexibility index (Phi) is 3.12. The van der Waals surface area contributed by atoms with Crippen molar-refractivity contribution in [2.24, 2.45) is 0 Å². The van der Waals surface area contributed by atoms with E-state index in [-0.39, 0.29) is 0 Å². The molecule has 1 aromatic rings. The van der Waals surface area contributed by atoms with E-state index in [2.05, 4.69) is 10.3 Å². The average Bonchev–Trinajstić information content (AvgIpc) is 2.12. The van der Waals surface area contributed by atoms with E-state index in [1.165, 1.54) is 0 Å². The Morgan fingerprint density at radius 2 is 2.15 bits per heavy atom. The van der Waals surface area contributed by atoms with E-state index >= 15 is 0 Å². The van der Waals surface area contributed by atoms with Crippen LogP contribution < -0.4 is 10.1 Å². The number of aromatic nitrogens is 1. The van der Waals surface area contributed by atoms with Crippen molar-refractivity contribution in [2.45, 2.75) is 20.8 Å². The number of anilines is 1. The van der Waals surface area contributed by atoms with Crippen LogP contribution in [0.3, 0.4) is 0 Å². The lowest BCUT2D eigenvalue weighted by atomic mass is 10.2. The predicted octanol–water partition coefficient (Wildman–Crippen LogP) is 2.14. The van der Waals surface area contributed by atoms with Crippen LogP contribution in [0.1, 0.15) is 18.2 Å². The van der Waals surface area contributed by atoms with Gasteiger partial charge in [-0.05, 0) is 26.3 Å². The molecular formula is C10H16N2O. The van der Waals surface area contributed by atoms with Gasteiger partial charge >= 0.3 is 0 Å². The molecule has 0 aliphatic rings. The number of ether oxygens (including phenoxy) is 1. The highest BCUT2D eigenvalue weighted by Crippen LogP contribution is 2.29. The van der Waals surface area contributed by atoms with Gasteiger partial charge in [0.15, 0.2) is 5.75 Å². The van der Waals surface area contributed by atoms with Crippen molar-refractivity contribution in [2.75, 3.05) is 19.0 Å². The summed E-state index contributed by atoms with van der Waals surface area (Å²) in [4.78, 5) is 4.24. The van der Waals surface area contributed by atoms with E-state index < -0.39 is 0 Å². The lowest BCUT2D eigenvalue weighted by Gasteiger charge is -2.13. The molecule has 0 saturated heterocycles. The summed E-state index contributed by atoms with van der Waals surface area (Å²) in [6, 6.07) is 0. The summed E-state index contributed by atoms with van der Waals surface area (Å²) in [7, 11) is 1.89. The zero-order chi connectivity index (χ0) is 9.84. The van der Waals surface area contributed by atoms with Gasteiger partial charge in [0.2, 0.25) is 0 Å². The molecule has 0 saturated carbocycles. The van der Waals surface area contributed by atoms with Gasteiger partial charge in [0, 0.05) is 13.2 Å². The summed E-state index contributed by atoms with van der Waals surface area (Å²) < 4.78 is 5.51. The maximum absolute atomic E-state index is 5.51. The number of hydrogen-bond donors (Lipinski definition) is 1. The van der Waals surface area contributed by atoms with Crippen molar-refractivity contribution in [1.29, 1.82) is 0 Å². The Hall–Kier alpha value is -1.25. The summed E-state index contributed by atoms with van der Waals surface area (Å²) in [6.07, 6.45) is 1.85. The third kappa shape index (κ3) is 1.91. The van der Waals surface area contributed by atoms with Crippen LogP contribution in [0.4, 0.5) is 5.69 Å². The Labute approximate surface area is 79.1 Å². The molecule has 3 heteroatoms. The van der Waals surface area contributed by atoms with Crippen molar-refractivity contribution in [1.82, 2.24) is 4.98 Å². The fraction of sp³-hybridized carbons (Fsp3) is 0.500. The molecule has 3 nitrogen and oxygen atoms in total. The van der Waals surface area contributed by atoms with Crippen molar-refractivity contribution in [3.63, 3.8) is 0 Å². The Morgan fingerprint density at radius 1 is 1.46 bits per heavy atom. The van der Waals surface area contributed by atoms with Gasteiger partial charge in [-0.1, -0.05) is 0 Å². The highest BCUT2D eigenvalue weighted by atomic mass is 16.5. The number of nitrogens with zero attached hydrogens (tertiary/aromatic N) is 1. The Balaban J connectivity index is 3.18. The van der Waals surface area contributed by atoms with E-state index in [9.17, 15) is 0 Å². The Bertz CT molecular complexity index is 297. The molecule has 1 rings (SSSR count). The van der Waals surface area contributed by atoms with E-state index in [1.54, 1.807) is 0 Å². The molecule has 1 N–H and O–H groups in total. The van der Waals surface area contributed by atoms with Crippen LogP contribution in [0.15, 0.2) is 6.20 Å². The quantitative estimate of drug-likeness (QED) is 0.773. The van der Waals surface area contributed by atoms with Crippen LogP contribution >= 0.6 is 0 Å². The van der Waals surface area contributed by atoms with Gasteiger partial charge in [0.05, 0.1) is 18.0 Å². The van der Waals surface area contributed by atoms with Crippen LogP contribution in [0.5, 0.6) is 5.75 Å². The highest BCUT2D eigenvalue weighted by Gasteiger charge is 2.08. The molecule has 72 valence electrons. The highest BCUT2D eigenvalue weighted by molar-refractivity contribution is 5.62. The fourth-order valence-corrected chi connectivity index (χ4v) is 1.31. The minimum atomic E-state index is 0.667. The third-order valence-corrected chi connectivity index (χ3v) is 1.94. The molecule has 13 heavy (non-hydrogen) atoms. The average molecular weight is 180 g/mol. The Morgan fingerprint density at radius 3 is 2.69 bits per heavy atom. The number of rotatable bonds is 3. The number of aryl methyl sites for hydroxylation is 2. The van der Waals surface area contributed by atoms with Crippen molar-refractivity contribution >= 4 is 5.69 Å². The minimum Gasteiger partial charge on any atom is -0.490 e. The molecule has 0 atom stereocenters. The molecule has 0 amide bonds. The molecule has 0 aromatic carbocycles. The first kappa shape index (κ1) is 9.84. The van der Waals surface area contributed by atoms with Gasteiger partial charge < -0.3 is 10.1 Å². The topological polar surface area (TPSA) is 34.1 Å². The van der Waals surface area contributed by atoms with Crippen molar-refractivity contribution in [3.8, 4) is 5.75 Å². The molecule has 1 heterocycles. The second-order valence-electron chi connectivity index (χ2n) is 2.91. The van der Waals surface area contributed by atoms with Crippen LogP contribution in [-0.4, -0.2) is 18.6 Å². The summed E-state index contributed by atoms with van der Waals surface area (Å²) in [5.41, 5.74) is 3.07. The maximum Gasteiger partial charge on any atom is 0.163 e. The number of pyridine rings is 1. The van der Waals surface area contributed by atoms with Gasteiger partial charge in [-0.3, -0.25) is 4.98 Å². The molecule has 0 radical (unpaired) electrons. The fourth-order valence-electron chi connectivity index (χ4n) is 1.31. The monoisotopic (exact) mass is 180 g/mol. The molecule has 0 aliphatic carbocycles. The molecular weight excluding hydrogens is 164 g/mol. The summed E-state index contributed by atoms with van der Waals surface area (Å²) >= 11 is 0. The van der Waals surface area contributed by atoms with E-state index in [4.69, 9.17) is 4.74 Å². The lowest BCUT2D eigenvalue weighted by molar-refractivity contribution is 0.337. The van der Waals surface area contributed by atoms with Gasteiger partial charge in [-0.15, -0.1) is 0 Å². The zero-order valence-electron chi connectivity index (χ0n) is 8.64. The second kappa shape index (κ2) is 4.12. The van der Waals surface area contributed by atoms with Gasteiger partial charge in [0.1, 0.15) is 0 Å². The third-order valence-electron chi connectivity index (χ3n) is 1.94. The van der Waals surface area contributed by atoms with Crippen LogP contribution in [0, 0.1) is 13.8 Å². The standard InChI is InChI=1S/C10H16N2O/c1-5-13-10-8(3)12-6-7(2)9(10)11-4/h6H,5H2,1-4H3,(H,11,12). The largest absolute Gasteiger partial charge is 0.490 e. The minimum absolute atomic E-state index is 0.667. The molecule has 0 bridgehead atoms. The van der Waals surface area contributed by atoms with Crippen LogP contribution in [0.25, 0.3) is 0 Å². The van der Waals surface area contributed by atoms with Crippen LogP contribution in [-0.2, 0) is 0 Å². The first-order valence-corrected chi connectivity index (χ1v) is 4.47. The van der Waals surface area contributed by atoms with Gasteiger partial charge in [-0.25, -0.2) is 0 Å². The van der Waals surface area contributed by atoms with Gasteiger partial charge in [-0.2, -0.15) is 0 Å². The molecule has 1 aromatic heterocycles. The number of nitrogens with one attached hydrogen (secondary N) is 1. The summed E-state index contributed by atoms with van der Waals surface area (Å²) in [5.74, 6) is 0.866.